The second kappa shape index (κ2) is 4.80. The van der Waals surface area contributed by atoms with Gasteiger partial charge in [0.2, 0.25) is 0 Å². The highest BCUT2D eigenvalue weighted by atomic mass is 16.5. The van der Waals surface area contributed by atoms with Gasteiger partial charge in [0.1, 0.15) is 0 Å². The van der Waals surface area contributed by atoms with Gasteiger partial charge >= 0.3 is 0 Å². The van der Waals surface area contributed by atoms with Crippen LogP contribution in [0.3, 0.4) is 0 Å². The van der Waals surface area contributed by atoms with Gasteiger partial charge in [-0.25, -0.2) is 0 Å². The molecule has 1 heterocycles. The molecule has 0 aliphatic carbocycles. The quantitative estimate of drug-likeness (QED) is 0.640. The highest BCUT2D eigenvalue weighted by Gasteiger charge is 2.20. The zero-order valence-electron chi connectivity index (χ0n) is 8.34. The van der Waals surface area contributed by atoms with E-state index in [2.05, 4.69) is 24.2 Å². The van der Waals surface area contributed by atoms with E-state index in [1.807, 2.05) is 0 Å². The fourth-order valence-electron chi connectivity index (χ4n) is 1.43. The predicted octanol–water partition coefficient (Wildman–Crippen LogP) is 0.173. The van der Waals surface area contributed by atoms with Crippen LogP contribution in [-0.2, 0) is 4.74 Å². The van der Waals surface area contributed by atoms with Gasteiger partial charge in [-0.05, 0) is 19.9 Å². The Hall–Kier alpha value is -0.120. The van der Waals surface area contributed by atoms with Gasteiger partial charge in [-0.3, -0.25) is 0 Å². The number of hydrogen-bond donors (Lipinski definition) is 1. The summed E-state index contributed by atoms with van der Waals surface area (Å²) < 4.78 is 5.10. The van der Waals surface area contributed by atoms with Crippen molar-refractivity contribution < 1.29 is 4.74 Å². The molecular formula is C9H20N2O. The molecule has 0 aromatic carbocycles. The molecule has 3 nitrogen and oxygen atoms in total. The Kier molecular flexibility index (Phi) is 3.98. The number of methoxy groups -OCH3 is 1. The molecule has 0 saturated carbocycles. The largest absolute Gasteiger partial charge is 0.383 e. The van der Waals surface area contributed by atoms with E-state index in [-0.39, 0.29) is 0 Å². The molecule has 1 N–H and O–H groups in total. The lowest BCUT2D eigenvalue weighted by molar-refractivity contribution is 0.0978. The first-order chi connectivity index (χ1) is 5.74. The Morgan fingerprint density at radius 2 is 2.25 bits per heavy atom. The van der Waals surface area contributed by atoms with Gasteiger partial charge in [0.15, 0.2) is 0 Å². The SMILES string of the molecule is COCC(C)N(C)CC1CNC1. The van der Waals surface area contributed by atoms with Crippen LogP contribution in [0.25, 0.3) is 0 Å². The molecule has 0 radical (unpaired) electrons. The lowest BCUT2D eigenvalue weighted by Gasteiger charge is -2.33. The molecule has 1 fully saturated rings. The fourth-order valence-corrected chi connectivity index (χ4v) is 1.43. The predicted molar refractivity (Wildman–Crippen MR) is 50.3 cm³/mol. The van der Waals surface area contributed by atoms with Crippen LogP contribution in [0, 0.1) is 5.92 Å². The third kappa shape index (κ3) is 2.73. The first-order valence-corrected chi connectivity index (χ1v) is 4.64. The summed E-state index contributed by atoms with van der Waals surface area (Å²) in [5.74, 6) is 0.856. The third-order valence-corrected chi connectivity index (χ3v) is 2.57. The topological polar surface area (TPSA) is 24.5 Å². The number of nitrogens with zero attached hydrogens (tertiary/aromatic N) is 1. The van der Waals surface area contributed by atoms with Crippen LogP contribution in [0.1, 0.15) is 6.92 Å². The average molecular weight is 172 g/mol. The molecule has 0 aromatic heterocycles. The lowest BCUT2D eigenvalue weighted by atomic mass is 10.0. The van der Waals surface area contributed by atoms with Crippen LogP contribution in [0.5, 0.6) is 0 Å². The first-order valence-electron chi connectivity index (χ1n) is 4.64. The van der Waals surface area contributed by atoms with Crippen LogP contribution in [0.15, 0.2) is 0 Å². The summed E-state index contributed by atoms with van der Waals surface area (Å²) in [7, 11) is 3.93. The van der Waals surface area contributed by atoms with E-state index in [1.165, 1.54) is 19.6 Å². The molecule has 0 aromatic rings. The monoisotopic (exact) mass is 172 g/mol. The van der Waals surface area contributed by atoms with Crippen LogP contribution in [-0.4, -0.2) is 51.3 Å². The molecular weight excluding hydrogens is 152 g/mol. The van der Waals surface area contributed by atoms with Crippen molar-refractivity contribution in [2.45, 2.75) is 13.0 Å². The second-order valence-electron chi connectivity index (χ2n) is 3.77. The fraction of sp³-hybridized carbons (Fsp3) is 1.00. The Labute approximate surface area is 75.1 Å². The second-order valence-corrected chi connectivity index (χ2v) is 3.77. The Morgan fingerprint density at radius 1 is 1.58 bits per heavy atom. The number of rotatable bonds is 5. The molecule has 0 bridgehead atoms. The van der Waals surface area contributed by atoms with Crippen molar-refractivity contribution in [2.75, 3.05) is 40.4 Å². The standard InChI is InChI=1S/C9H20N2O/c1-8(7-12-3)11(2)6-9-4-10-5-9/h8-10H,4-7H2,1-3H3. The number of likely N-dealkylation sites (N-methyl/N-ethyl adjacent to an activating group) is 1. The highest BCUT2D eigenvalue weighted by molar-refractivity contribution is 4.78. The van der Waals surface area contributed by atoms with Gasteiger partial charge < -0.3 is 15.0 Å². The number of hydrogen-bond acceptors (Lipinski definition) is 3. The van der Waals surface area contributed by atoms with Crippen LogP contribution < -0.4 is 5.32 Å². The molecule has 1 rings (SSSR count). The molecule has 3 heteroatoms. The van der Waals surface area contributed by atoms with Gasteiger partial charge in [0, 0.05) is 32.8 Å². The van der Waals surface area contributed by atoms with Crippen molar-refractivity contribution in [3.63, 3.8) is 0 Å². The van der Waals surface area contributed by atoms with Gasteiger partial charge in [-0.15, -0.1) is 0 Å². The summed E-state index contributed by atoms with van der Waals surface area (Å²) >= 11 is 0. The minimum Gasteiger partial charge on any atom is -0.383 e. The van der Waals surface area contributed by atoms with E-state index in [1.54, 1.807) is 7.11 Å². The Balaban J connectivity index is 2.12. The van der Waals surface area contributed by atoms with E-state index >= 15 is 0 Å². The van der Waals surface area contributed by atoms with Crippen molar-refractivity contribution in [3.8, 4) is 0 Å². The molecule has 1 atom stereocenters. The minimum atomic E-state index is 0.538. The van der Waals surface area contributed by atoms with Gasteiger partial charge in [-0.1, -0.05) is 0 Å². The molecule has 1 saturated heterocycles. The summed E-state index contributed by atoms with van der Waals surface area (Å²) in [5, 5.41) is 3.28. The molecule has 1 aliphatic rings. The maximum Gasteiger partial charge on any atom is 0.0615 e. The summed E-state index contributed by atoms with van der Waals surface area (Å²) in [5.41, 5.74) is 0. The molecule has 0 amide bonds. The van der Waals surface area contributed by atoms with Crippen molar-refractivity contribution in [3.05, 3.63) is 0 Å². The number of ether oxygens (including phenoxy) is 1. The molecule has 1 unspecified atom stereocenters. The van der Waals surface area contributed by atoms with Gasteiger partial charge in [0.25, 0.3) is 0 Å². The maximum atomic E-state index is 5.10. The van der Waals surface area contributed by atoms with E-state index in [9.17, 15) is 0 Å². The van der Waals surface area contributed by atoms with Crippen LogP contribution in [0.4, 0.5) is 0 Å². The van der Waals surface area contributed by atoms with Crippen molar-refractivity contribution >= 4 is 0 Å². The van der Waals surface area contributed by atoms with Crippen molar-refractivity contribution in [1.82, 2.24) is 10.2 Å². The van der Waals surface area contributed by atoms with E-state index < -0.39 is 0 Å². The Morgan fingerprint density at radius 3 is 2.67 bits per heavy atom. The molecule has 72 valence electrons. The van der Waals surface area contributed by atoms with Crippen molar-refractivity contribution in [1.29, 1.82) is 0 Å². The average Bonchev–Trinajstić information content (AvgIpc) is 1.97. The first kappa shape index (κ1) is 9.96. The normalized spacial score (nSPS) is 21.0. The summed E-state index contributed by atoms with van der Waals surface area (Å²) in [6, 6.07) is 0.538. The zero-order chi connectivity index (χ0) is 8.97. The van der Waals surface area contributed by atoms with Crippen LogP contribution >= 0.6 is 0 Å². The van der Waals surface area contributed by atoms with E-state index in [4.69, 9.17) is 4.74 Å². The van der Waals surface area contributed by atoms with E-state index in [0.29, 0.717) is 6.04 Å². The molecule has 1 aliphatic heterocycles. The Bertz CT molecular complexity index is 126. The number of nitrogens with one attached hydrogen (secondary N) is 1. The van der Waals surface area contributed by atoms with Gasteiger partial charge in [0.05, 0.1) is 6.61 Å². The summed E-state index contributed by atoms with van der Waals surface area (Å²) in [6.07, 6.45) is 0. The van der Waals surface area contributed by atoms with Crippen LogP contribution in [0.2, 0.25) is 0 Å². The summed E-state index contributed by atoms with van der Waals surface area (Å²) in [4.78, 5) is 2.37. The third-order valence-electron chi connectivity index (χ3n) is 2.57. The van der Waals surface area contributed by atoms with Crippen molar-refractivity contribution in [2.24, 2.45) is 5.92 Å². The molecule has 0 spiro atoms. The lowest BCUT2D eigenvalue weighted by Crippen LogP contribution is -2.49. The van der Waals surface area contributed by atoms with E-state index in [0.717, 1.165) is 12.5 Å². The van der Waals surface area contributed by atoms with Gasteiger partial charge in [-0.2, -0.15) is 0 Å². The highest BCUT2D eigenvalue weighted by Crippen LogP contribution is 2.06. The summed E-state index contributed by atoms with van der Waals surface area (Å²) in [6.45, 7) is 6.60. The molecule has 12 heavy (non-hydrogen) atoms. The smallest absolute Gasteiger partial charge is 0.0615 e. The minimum absolute atomic E-state index is 0.538. The zero-order valence-corrected chi connectivity index (χ0v) is 8.34. The maximum absolute atomic E-state index is 5.10.